The summed E-state index contributed by atoms with van der Waals surface area (Å²) in [6.07, 6.45) is 12.2. The number of hydrogen-bond donors (Lipinski definition) is 1. The van der Waals surface area contributed by atoms with Crippen molar-refractivity contribution in [3.8, 4) is 22.3 Å². The van der Waals surface area contributed by atoms with Crippen molar-refractivity contribution in [1.29, 1.82) is 5.41 Å². The molecule has 1 N–H and O–H groups in total. The Kier molecular flexibility index (Phi) is 10.7. The first-order valence-electron chi connectivity index (χ1n) is 25.7. The molecular weight excluding hydrogens is 959 g/mol. The molecular formula is C71H47N3O2S. The second-order valence-corrected chi connectivity index (χ2v) is 20.6. The first kappa shape index (κ1) is 45.8. The Balaban J connectivity index is 0.842. The number of hydrogen-bond acceptors (Lipinski definition) is 4. The van der Waals surface area contributed by atoms with E-state index in [1.54, 1.807) is 11.3 Å². The molecule has 14 rings (SSSR count). The lowest BCUT2D eigenvalue weighted by molar-refractivity contribution is 0.668. The smallest absolute Gasteiger partial charge is 0.161 e. The normalized spacial score (nSPS) is 15.5. The highest BCUT2D eigenvalue weighted by molar-refractivity contribution is 7.25. The molecule has 0 amide bonds. The fraction of sp³-hybridized carbons (Fsp3) is 0.0282. The van der Waals surface area contributed by atoms with Crippen LogP contribution in [0.25, 0.3) is 97.4 Å². The third kappa shape index (κ3) is 6.96. The summed E-state index contributed by atoms with van der Waals surface area (Å²) < 4.78 is 15.2. The Morgan fingerprint density at radius 2 is 1.17 bits per heavy atom. The second kappa shape index (κ2) is 18.0. The molecule has 0 aliphatic heterocycles. The zero-order valence-corrected chi connectivity index (χ0v) is 42.9. The predicted molar refractivity (Wildman–Crippen MR) is 325 cm³/mol. The maximum absolute atomic E-state index is 9.56. The van der Waals surface area contributed by atoms with Gasteiger partial charge in [0.05, 0.1) is 5.41 Å². The Bertz CT molecular complexity index is 4720. The molecule has 2 aliphatic rings. The van der Waals surface area contributed by atoms with E-state index < -0.39 is 5.41 Å². The number of fused-ring (bicyclic) bond motifs is 13. The van der Waals surface area contributed by atoms with E-state index in [1.807, 2.05) is 85.1 Å². The number of rotatable bonds is 9. The summed E-state index contributed by atoms with van der Waals surface area (Å²) in [4.78, 5) is 10.2. The summed E-state index contributed by atoms with van der Waals surface area (Å²) in [5.41, 5.74) is 18.6. The average molecular weight is 1010 g/mol. The minimum Gasteiger partial charge on any atom is -0.456 e. The van der Waals surface area contributed by atoms with E-state index in [1.165, 1.54) is 27.0 Å². The number of aliphatic imine (C=N–C) groups is 2. The van der Waals surface area contributed by atoms with Gasteiger partial charge in [-0.3, -0.25) is 5.41 Å². The van der Waals surface area contributed by atoms with Crippen LogP contribution >= 0.6 is 11.3 Å². The highest BCUT2D eigenvalue weighted by Gasteiger charge is 2.52. The molecule has 0 bridgehead atoms. The molecule has 0 radical (unpaired) electrons. The van der Waals surface area contributed by atoms with Crippen LogP contribution in [0.1, 0.15) is 45.9 Å². The molecule has 1 atom stereocenters. The molecule has 364 valence electrons. The minimum atomic E-state index is -0.564. The SMILES string of the molecule is C=CC1=C(C=C)C2(C(/C=C\C)=C(C=C)c3ccccc32)c2cc(-c3ccc(-c4ccc5oc6cccc(C=NC(=NC(=N)c7cccc8sc9ccccc9c78)c7ccc8c(c7)oc7ccccc78)c6c5c4)cc3)ccc21. The van der Waals surface area contributed by atoms with Crippen LogP contribution in [0.3, 0.4) is 0 Å². The summed E-state index contributed by atoms with van der Waals surface area (Å²) in [7, 11) is 0. The Morgan fingerprint density at radius 3 is 1.99 bits per heavy atom. The van der Waals surface area contributed by atoms with Crippen LogP contribution in [0.5, 0.6) is 0 Å². The maximum atomic E-state index is 9.56. The lowest BCUT2D eigenvalue weighted by Crippen LogP contribution is -2.27. The molecule has 3 aromatic heterocycles. The number of furan rings is 2. The molecule has 3 heterocycles. The van der Waals surface area contributed by atoms with E-state index in [4.69, 9.17) is 18.8 Å². The van der Waals surface area contributed by atoms with Crippen molar-refractivity contribution in [3.63, 3.8) is 0 Å². The van der Waals surface area contributed by atoms with E-state index in [0.29, 0.717) is 5.84 Å². The van der Waals surface area contributed by atoms with E-state index in [-0.39, 0.29) is 5.84 Å². The first-order chi connectivity index (χ1) is 37.9. The van der Waals surface area contributed by atoms with Gasteiger partial charge in [-0.15, -0.1) is 11.3 Å². The Labute approximate surface area is 449 Å². The van der Waals surface area contributed by atoms with Gasteiger partial charge in [-0.05, 0) is 128 Å². The number of para-hydroxylation sites is 1. The van der Waals surface area contributed by atoms with Crippen LogP contribution in [0, 0.1) is 5.41 Å². The lowest BCUT2D eigenvalue weighted by atomic mass is 9.68. The number of benzene rings is 9. The standard InChI is InChI=1S/C71H47N3O2S/c1-5-17-58-49(7-3)50-19-9-12-23-59(50)71(58)57(8-4)48(6-2)51-35-32-45(39-60(51)71)43-30-28-42(29-31-43)44-34-37-62-56(38-44)67-47(18-15-25-63(67)75-62)41-73-70(46-33-36-53-52-20-10-13-24-61(52)76-64(53)40-46)74-69(72)55-22-16-27-66-68(55)54-21-11-14-26-65(54)77-66/h5-41,72H,2-4H2,1H3/b17-5-,72-69?,73-41?,74-70?. The van der Waals surface area contributed by atoms with Crippen LogP contribution in [0.15, 0.2) is 268 Å². The lowest BCUT2D eigenvalue weighted by Gasteiger charge is -2.33. The number of nitrogens with zero attached hydrogens (tertiary/aromatic N) is 2. The minimum absolute atomic E-state index is 0.122. The monoisotopic (exact) mass is 1010 g/mol. The van der Waals surface area contributed by atoms with E-state index in [0.717, 1.165) is 121 Å². The topological polar surface area (TPSA) is 74.8 Å². The summed E-state index contributed by atoms with van der Waals surface area (Å²) in [6, 6.07) is 65.3. The van der Waals surface area contributed by atoms with Crippen LogP contribution in [-0.2, 0) is 5.41 Å². The zero-order chi connectivity index (χ0) is 51.9. The van der Waals surface area contributed by atoms with Crippen molar-refractivity contribution in [2.45, 2.75) is 12.3 Å². The van der Waals surface area contributed by atoms with Gasteiger partial charge in [-0.2, -0.15) is 0 Å². The van der Waals surface area contributed by atoms with Crippen molar-refractivity contribution in [2.75, 3.05) is 0 Å². The van der Waals surface area contributed by atoms with Crippen LogP contribution in [-0.4, -0.2) is 17.9 Å². The predicted octanol–water partition coefficient (Wildman–Crippen LogP) is 19.0. The molecule has 5 nitrogen and oxygen atoms in total. The van der Waals surface area contributed by atoms with Gasteiger partial charge in [0.1, 0.15) is 22.3 Å². The molecule has 2 aliphatic carbocycles. The molecule has 0 saturated carbocycles. The van der Waals surface area contributed by atoms with Gasteiger partial charge in [0, 0.05) is 64.6 Å². The van der Waals surface area contributed by atoms with Gasteiger partial charge < -0.3 is 8.83 Å². The quantitative estimate of drug-likeness (QED) is 0.116. The van der Waals surface area contributed by atoms with Crippen molar-refractivity contribution >= 4 is 104 Å². The molecule has 6 heteroatoms. The van der Waals surface area contributed by atoms with Crippen molar-refractivity contribution < 1.29 is 8.83 Å². The number of amidine groups is 2. The highest BCUT2D eigenvalue weighted by Crippen LogP contribution is 2.62. The molecule has 12 aromatic rings. The van der Waals surface area contributed by atoms with Crippen molar-refractivity contribution in [1.82, 2.24) is 0 Å². The average Bonchev–Trinajstić information content (AvgIpc) is 4.32. The highest BCUT2D eigenvalue weighted by atomic mass is 32.1. The van der Waals surface area contributed by atoms with Crippen LogP contribution in [0.4, 0.5) is 0 Å². The maximum Gasteiger partial charge on any atom is 0.161 e. The van der Waals surface area contributed by atoms with Gasteiger partial charge in [0.2, 0.25) is 0 Å². The van der Waals surface area contributed by atoms with Crippen LogP contribution < -0.4 is 0 Å². The largest absolute Gasteiger partial charge is 0.456 e. The fourth-order valence-corrected chi connectivity index (χ4v) is 13.4. The fourth-order valence-electron chi connectivity index (χ4n) is 12.3. The summed E-state index contributed by atoms with van der Waals surface area (Å²) in [5, 5.41) is 15.7. The van der Waals surface area contributed by atoms with Crippen molar-refractivity contribution in [2.24, 2.45) is 9.98 Å². The van der Waals surface area contributed by atoms with Gasteiger partial charge in [0.25, 0.3) is 0 Å². The third-order valence-corrected chi connectivity index (χ3v) is 16.7. The van der Waals surface area contributed by atoms with Gasteiger partial charge in [0.15, 0.2) is 11.7 Å². The first-order valence-corrected chi connectivity index (χ1v) is 26.6. The van der Waals surface area contributed by atoms with E-state index in [9.17, 15) is 5.41 Å². The van der Waals surface area contributed by atoms with E-state index in [2.05, 4.69) is 166 Å². The van der Waals surface area contributed by atoms with E-state index >= 15 is 0 Å². The molecule has 77 heavy (non-hydrogen) atoms. The molecule has 9 aromatic carbocycles. The van der Waals surface area contributed by atoms with Gasteiger partial charge in [-0.1, -0.05) is 184 Å². The summed E-state index contributed by atoms with van der Waals surface area (Å²) in [5.74, 6) is 0.512. The zero-order valence-electron chi connectivity index (χ0n) is 42.1. The number of nitrogens with one attached hydrogen (secondary N) is 1. The molecule has 0 fully saturated rings. The Hall–Kier alpha value is -9.75. The molecule has 0 saturated heterocycles. The summed E-state index contributed by atoms with van der Waals surface area (Å²) in [6.45, 7) is 15.1. The van der Waals surface area contributed by atoms with Gasteiger partial charge in [-0.25, -0.2) is 9.98 Å². The molecule has 1 unspecified atom stereocenters. The van der Waals surface area contributed by atoms with Gasteiger partial charge >= 0.3 is 0 Å². The number of thiophene rings is 1. The summed E-state index contributed by atoms with van der Waals surface area (Å²) >= 11 is 1.72. The Morgan fingerprint density at radius 1 is 0.519 bits per heavy atom. The second-order valence-electron chi connectivity index (χ2n) is 19.6. The number of allylic oxidation sites excluding steroid dienone is 9. The molecule has 1 spiro atoms. The third-order valence-electron chi connectivity index (χ3n) is 15.6. The van der Waals surface area contributed by atoms with Crippen LogP contribution in [0.2, 0.25) is 0 Å². The van der Waals surface area contributed by atoms with Crippen molar-refractivity contribution in [3.05, 3.63) is 288 Å².